The Balaban J connectivity index is 3.15. The van der Waals surface area contributed by atoms with Crippen LogP contribution < -0.4 is 5.32 Å². The van der Waals surface area contributed by atoms with Crippen LogP contribution in [0.1, 0.15) is 72.1 Å². The van der Waals surface area contributed by atoms with E-state index in [9.17, 15) is 4.79 Å². The van der Waals surface area contributed by atoms with E-state index in [1.165, 1.54) is 25.7 Å². The first kappa shape index (κ1) is 15.5. The lowest BCUT2D eigenvalue weighted by Crippen LogP contribution is -2.23. The molecule has 2 heteroatoms. The fourth-order valence-electron chi connectivity index (χ4n) is 1.68. The fraction of sp³-hybridized carbons (Fsp3) is 0.929. The van der Waals surface area contributed by atoms with Crippen LogP contribution in [-0.4, -0.2) is 12.5 Å². The van der Waals surface area contributed by atoms with Gasteiger partial charge in [-0.3, -0.25) is 4.79 Å². The molecule has 0 radical (unpaired) electrons. The quantitative estimate of drug-likeness (QED) is 0.563. The van der Waals surface area contributed by atoms with Crippen LogP contribution in [0.4, 0.5) is 0 Å². The van der Waals surface area contributed by atoms with Gasteiger partial charge in [-0.1, -0.05) is 52.9 Å². The van der Waals surface area contributed by atoms with E-state index in [1.807, 2.05) is 0 Å². The lowest BCUT2D eigenvalue weighted by molar-refractivity contribution is -0.121. The molecule has 0 saturated carbocycles. The average molecular weight is 227 g/mol. The second-order valence-corrected chi connectivity index (χ2v) is 5.05. The highest BCUT2D eigenvalue weighted by molar-refractivity contribution is 5.75. The van der Waals surface area contributed by atoms with Crippen LogP contribution in [-0.2, 0) is 4.79 Å². The molecule has 0 spiro atoms. The molecule has 0 aromatic carbocycles. The van der Waals surface area contributed by atoms with Crippen molar-refractivity contribution in [2.24, 2.45) is 5.92 Å². The van der Waals surface area contributed by atoms with E-state index in [-0.39, 0.29) is 5.91 Å². The maximum absolute atomic E-state index is 11.3. The lowest BCUT2D eigenvalue weighted by Gasteiger charge is -2.05. The maximum atomic E-state index is 11.3. The van der Waals surface area contributed by atoms with Crippen LogP contribution in [0.5, 0.6) is 0 Å². The highest BCUT2D eigenvalue weighted by Crippen LogP contribution is 2.10. The molecule has 16 heavy (non-hydrogen) atoms. The highest BCUT2D eigenvalue weighted by atomic mass is 16.1. The van der Waals surface area contributed by atoms with Crippen LogP contribution in [0.15, 0.2) is 0 Å². The normalized spacial score (nSPS) is 10.8. The van der Waals surface area contributed by atoms with Crippen molar-refractivity contribution in [2.45, 2.75) is 72.1 Å². The Bertz CT molecular complexity index is 166. The Morgan fingerprint density at radius 2 is 1.75 bits per heavy atom. The molecule has 0 fully saturated rings. The van der Waals surface area contributed by atoms with E-state index in [1.54, 1.807) is 0 Å². The molecule has 1 N–H and O–H groups in total. The minimum atomic E-state index is 0.234. The number of carbonyl (C=O) groups excluding carboxylic acids is 1. The van der Waals surface area contributed by atoms with Crippen molar-refractivity contribution < 1.29 is 4.79 Å². The summed E-state index contributed by atoms with van der Waals surface area (Å²) >= 11 is 0. The summed E-state index contributed by atoms with van der Waals surface area (Å²) in [4.78, 5) is 11.3. The van der Waals surface area contributed by atoms with Crippen molar-refractivity contribution in [1.82, 2.24) is 5.32 Å². The Morgan fingerprint density at radius 3 is 2.38 bits per heavy atom. The van der Waals surface area contributed by atoms with Gasteiger partial charge < -0.3 is 5.32 Å². The van der Waals surface area contributed by atoms with Crippen molar-refractivity contribution >= 4 is 5.91 Å². The molecular formula is C14H29NO. The second-order valence-electron chi connectivity index (χ2n) is 5.05. The monoisotopic (exact) mass is 227 g/mol. The van der Waals surface area contributed by atoms with Gasteiger partial charge in [-0.15, -0.1) is 0 Å². The molecule has 0 rings (SSSR count). The largest absolute Gasteiger partial charge is 0.356 e. The molecule has 96 valence electrons. The van der Waals surface area contributed by atoms with Gasteiger partial charge >= 0.3 is 0 Å². The summed E-state index contributed by atoms with van der Waals surface area (Å²) in [6.07, 6.45) is 9.13. The molecule has 0 aromatic heterocycles. The first-order valence-electron chi connectivity index (χ1n) is 6.93. The van der Waals surface area contributed by atoms with Crippen LogP contribution >= 0.6 is 0 Å². The van der Waals surface area contributed by atoms with Gasteiger partial charge in [-0.05, 0) is 18.8 Å². The standard InChI is InChI=1S/C14H29NO/c1-4-5-12-15-14(16)11-9-7-6-8-10-13(2)3/h13H,4-12H2,1-3H3,(H,15,16). The van der Waals surface area contributed by atoms with E-state index in [2.05, 4.69) is 26.1 Å². The molecular weight excluding hydrogens is 198 g/mol. The Labute approximate surface area is 101 Å². The number of hydrogen-bond donors (Lipinski definition) is 1. The number of rotatable bonds is 10. The number of carbonyl (C=O) groups is 1. The number of amides is 1. The Kier molecular flexibility index (Phi) is 10.6. The number of nitrogens with one attached hydrogen (secondary N) is 1. The molecule has 0 atom stereocenters. The first-order valence-corrected chi connectivity index (χ1v) is 6.93. The third-order valence-corrected chi connectivity index (χ3v) is 2.79. The van der Waals surface area contributed by atoms with Crippen molar-refractivity contribution in [3.05, 3.63) is 0 Å². The molecule has 0 saturated heterocycles. The van der Waals surface area contributed by atoms with Crippen LogP contribution in [0.2, 0.25) is 0 Å². The van der Waals surface area contributed by atoms with E-state index in [4.69, 9.17) is 0 Å². The molecule has 0 unspecified atom stereocenters. The summed E-state index contributed by atoms with van der Waals surface area (Å²) in [6.45, 7) is 7.52. The van der Waals surface area contributed by atoms with Gasteiger partial charge in [-0.25, -0.2) is 0 Å². The summed E-state index contributed by atoms with van der Waals surface area (Å²) in [5, 5.41) is 2.95. The minimum Gasteiger partial charge on any atom is -0.356 e. The Morgan fingerprint density at radius 1 is 1.06 bits per heavy atom. The second kappa shape index (κ2) is 11.0. The van der Waals surface area contributed by atoms with E-state index >= 15 is 0 Å². The molecule has 1 amide bonds. The zero-order chi connectivity index (χ0) is 12.2. The summed E-state index contributed by atoms with van der Waals surface area (Å²) in [6, 6.07) is 0. The minimum absolute atomic E-state index is 0.234. The zero-order valence-electron chi connectivity index (χ0n) is 11.3. The maximum Gasteiger partial charge on any atom is 0.219 e. The van der Waals surface area contributed by atoms with Gasteiger partial charge in [0.15, 0.2) is 0 Å². The zero-order valence-corrected chi connectivity index (χ0v) is 11.3. The van der Waals surface area contributed by atoms with Gasteiger partial charge in [0, 0.05) is 13.0 Å². The van der Waals surface area contributed by atoms with Gasteiger partial charge in [0.1, 0.15) is 0 Å². The van der Waals surface area contributed by atoms with Crippen molar-refractivity contribution in [3.63, 3.8) is 0 Å². The van der Waals surface area contributed by atoms with Crippen molar-refractivity contribution in [2.75, 3.05) is 6.54 Å². The summed E-state index contributed by atoms with van der Waals surface area (Å²) in [5.74, 6) is 1.05. The molecule has 0 aromatic rings. The number of unbranched alkanes of at least 4 members (excludes halogenated alkanes) is 4. The topological polar surface area (TPSA) is 29.1 Å². The third kappa shape index (κ3) is 11.5. The fourth-order valence-corrected chi connectivity index (χ4v) is 1.68. The SMILES string of the molecule is CCCCNC(=O)CCCCCCC(C)C. The van der Waals surface area contributed by atoms with Crippen molar-refractivity contribution in [1.29, 1.82) is 0 Å². The predicted octanol–water partition coefficient (Wildman–Crippen LogP) is 3.90. The molecule has 0 heterocycles. The molecule has 0 aliphatic heterocycles. The van der Waals surface area contributed by atoms with Crippen LogP contribution in [0, 0.1) is 5.92 Å². The van der Waals surface area contributed by atoms with Crippen molar-refractivity contribution in [3.8, 4) is 0 Å². The average Bonchev–Trinajstić information content (AvgIpc) is 2.23. The van der Waals surface area contributed by atoms with E-state index in [0.29, 0.717) is 6.42 Å². The smallest absolute Gasteiger partial charge is 0.219 e. The number of hydrogen-bond acceptors (Lipinski definition) is 1. The summed E-state index contributed by atoms with van der Waals surface area (Å²) in [7, 11) is 0. The summed E-state index contributed by atoms with van der Waals surface area (Å²) in [5.41, 5.74) is 0. The lowest BCUT2D eigenvalue weighted by atomic mass is 10.0. The van der Waals surface area contributed by atoms with Gasteiger partial charge in [0.25, 0.3) is 0 Å². The third-order valence-electron chi connectivity index (χ3n) is 2.79. The van der Waals surface area contributed by atoms with Gasteiger partial charge in [0.2, 0.25) is 5.91 Å². The van der Waals surface area contributed by atoms with Gasteiger partial charge in [0.05, 0.1) is 0 Å². The first-order chi connectivity index (χ1) is 7.66. The summed E-state index contributed by atoms with van der Waals surface area (Å²) < 4.78 is 0. The molecule has 0 aliphatic rings. The molecule has 0 aliphatic carbocycles. The molecule has 0 bridgehead atoms. The van der Waals surface area contributed by atoms with Gasteiger partial charge in [-0.2, -0.15) is 0 Å². The van der Waals surface area contributed by atoms with Crippen LogP contribution in [0.25, 0.3) is 0 Å². The molecule has 2 nitrogen and oxygen atoms in total. The van der Waals surface area contributed by atoms with E-state index in [0.717, 1.165) is 31.7 Å². The predicted molar refractivity (Wildman–Crippen MR) is 70.5 cm³/mol. The van der Waals surface area contributed by atoms with Crippen LogP contribution in [0.3, 0.4) is 0 Å². The Hall–Kier alpha value is -0.530. The van der Waals surface area contributed by atoms with E-state index < -0.39 is 0 Å². The highest BCUT2D eigenvalue weighted by Gasteiger charge is 2.00.